The highest BCUT2D eigenvalue weighted by molar-refractivity contribution is 5.81. The van der Waals surface area contributed by atoms with Crippen molar-refractivity contribution >= 4 is 12.1 Å². The molecule has 0 aliphatic carbocycles. The van der Waals surface area contributed by atoms with Crippen LogP contribution in [0.1, 0.15) is 26.3 Å². The Hall–Kier alpha value is -2.12. The highest BCUT2D eigenvalue weighted by Crippen LogP contribution is 2.13. The van der Waals surface area contributed by atoms with Crippen molar-refractivity contribution in [3.05, 3.63) is 35.9 Å². The van der Waals surface area contributed by atoms with Crippen LogP contribution in [0.25, 0.3) is 0 Å². The molecule has 1 amide bonds. The van der Waals surface area contributed by atoms with E-state index in [0.717, 1.165) is 5.56 Å². The van der Waals surface area contributed by atoms with Crippen molar-refractivity contribution in [3.63, 3.8) is 0 Å². The average Bonchev–Trinajstić information content (AvgIpc) is 2.58. The van der Waals surface area contributed by atoms with Gasteiger partial charge in [-0.05, 0) is 26.3 Å². The van der Waals surface area contributed by atoms with Crippen molar-refractivity contribution in [2.75, 3.05) is 26.8 Å². The first-order chi connectivity index (χ1) is 11.8. The standard InChI is InChI=1S/C18H28N2O5/c1-18(2,3)25-13-15(16(21)23-4)20(11-10-19)17(22)24-12-14-8-6-5-7-9-14/h5-9,15H,10-13,19H2,1-4H3/t15-/m1/s1. The molecule has 0 radical (unpaired) electrons. The highest BCUT2D eigenvalue weighted by atomic mass is 16.6. The molecule has 0 saturated carbocycles. The van der Waals surface area contributed by atoms with E-state index in [4.69, 9.17) is 19.9 Å². The van der Waals surface area contributed by atoms with Gasteiger partial charge in [-0.25, -0.2) is 9.59 Å². The number of amides is 1. The maximum atomic E-state index is 12.5. The molecule has 0 heterocycles. The van der Waals surface area contributed by atoms with Crippen LogP contribution < -0.4 is 5.73 Å². The van der Waals surface area contributed by atoms with Crippen molar-refractivity contribution in [3.8, 4) is 0 Å². The Labute approximate surface area is 149 Å². The molecule has 0 spiro atoms. The Morgan fingerprint density at radius 3 is 2.36 bits per heavy atom. The molecule has 140 valence electrons. The zero-order chi connectivity index (χ0) is 18.9. The molecule has 1 atom stereocenters. The van der Waals surface area contributed by atoms with E-state index in [1.807, 2.05) is 51.1 Å². The minimum Gasteiger partial charge on any atom is -0.467 e. The molecule has 0 aromatic heterocycles. The van der Waals surface area contributed by atoms with Crippen LogP contribution in [0.15, 0.2) is 30.3 Å². The van der Waals surface area contributed by atoms with Crippen molar-refractivity contribution in [2.45, 2.75) is 39.0 Å². The molecule has 0 aliphatic heterocycles. The van der Waals surface area contributed by atoms with Crippen LogP contribution in [0.2, 0.25) is 0 Å². The number of rotatable bonds is 8. The Balaban J connectivity index is 2.82. The second-order valence-corrected chi connectivity index (χ2v) is 6.48. The fraction of sp³-hybridized carbons (Fsp3) is 0.556. The molecule has 0 aliphatic rings. The van der Waals surface area contributed by atoms with Gasteiger partial charge in [0.15, 0.2) is 6.04 Å². The number of carbonyl (C=O) groups is 2. The minimum absolute atomic E-state index is 0.00336. The molecule has 0 saturated heterocycles. The lowest BCUT2D eigenvalue weighted by Crippen LogP contribution is -2.51. The van der Waals surface area contributed by atoms with Crippen LogP contribution in [0.5, 0.6) is 0 Å². The van der Waals surface area contributed by atoms with E-state index < -0.39 is 23.7 Å². The van der Waals surface area contributed by atoms with Gasteiger partial charge in [0.25, 0.3) is 0 Å². The van der Waals surface area contributed by atoms with Crippen LogP contribution in [-0.2, 0) is 25.6 Å². The van der Waals surface area contributed by atoms with Crippen LogP contribution in [0.3, 0.4) is 0 Å². The van der Waals surface area contributed by atoms with Crippen molar-refractivity contribution in [1.82, 2.24) is 4.90 Å². The van der Waals surface area contributed by atoms with Crippen molar-refractivity contribution in [1.29, 1.82) is 0 Å². The molecule has 0 fully saturated rings. The van der Waals surface area contributed by atoms with Gasteiger partial charge in [0, 0.05) is 13.1 Å². The van der Waals surface area contributed by atoms with Gasteiger partial charge in [0.1, 0.15) is 6.61 Å². The van der Waals surface area contributed by atoms with Crippen LogP contribution in [0, 0.1) is 0 Å². The smallest absolute Gasteiger partial charge is 0.410 e. The molecule has 1 aromatic rings. The summed E-state index contributed by atoms with van der Waals surface area (Å²) in [7, 11) is 1.27. The molecule has 7 heteroatoms. The van der Waals surface area contributed by atoms with E-state index in [2.05, 4.69) is 0 Å². The number of nitrogens with zero attached hydrogens (tertiary/aromatic N) is 1. The first-order valence-electron chi connectivity index (χ1n) is 8.17. The first-order valence-corrected chi connectivity index (χ1v) is 8.17. The van der Waals surface area contributed by atoms with Crippen molar-refractivity contribution in [2.24, 2.45) is 5.73 Å². The highest BCUT2D eigenvalue weighted by Gasteiger charge is 2.33. The summed E-state index contributed by atoms with van der Waals surface area (Å²) in [5, 5.41) is 0. The van der Waals surface area contributed by atoms with Gasteiger partial charge in [0.2, 0.25) is 0 Å². The Bertz CT molecular complexity index is 542. The lowest BCUT2D eigenvalue weighted by molar-refractivity contribution is -0.151. The Kier molecular flexibility index (Phi) is 8.37. The second-order valence-electron chi connectivity index (χ2n) is 6.48. The average molecular weight is 352 g/mol. The van der Waals surface area contributed by atoms with Crippen molar-refractivity contribution < 1.29 is 23.8 Å². The number of benzene rings is 1. The van der Waals surface area contributed by atoms with Gasteiger partial charge >= 0.3 is 12.1 Å². The van der Waals surface area contributed by atoms with Gasteiger partial charge in [-0.15, -0.1) is 0 Å². The number of hydrogen-bond acceptors (Lipinski definition) is 6. The predicted octanol–water partition coefficient (Wildman–Crippen LogP) is 1.94. The summed E-state index contributed by atoms with van der Waals surface area (Å²) in [4.78, 5) is 25.9. The van der Waals surface area contributed by atoms with Crippen LogP contribution >= 0.6 is 0 Å². The molecule has 1 rings (SSSR count). The third-order valence-corrected chi connectivity index (χ3v) is 3.33. The Morgan fingerprint density at radius 1 is 1.20 bits per heavy atom. The minimum atomic E-state index is -0.920. The van der Waals surface area contributed by atoms with Gasteiger partial charge in [-0.3, -0.25) is 4.90 Å². The van der Waals surface area contributed by atoms with E-state index in [1.165, 1.54) is 12.0 Å². The number of carbonyl (C=O) groups excluding carboxylic acids is 2. The third kappa shape index (κ3) is 7.53. The lowest BCUT2D eigenvalue weighted by atomic mass is 10.2. The summed E-state index contributed by atoms with van der Waals surface area (Å²) in [5.74, 6) is -0.575. The molecule has 0 unspecified atom stereocenters. The zero-order valence-corrected chi connectivity index (χ0v) is 15.4. The number of hydrogen-bond donors (Lipinski definition) is 1. The topological polar surface area (TPSA) is 91.1 Å². The van der Waals surface area contributed by atoms with Crippen LogP contribution in [0.4, 0.5) is 4.79 Å². The van der Waals surface area contributed by atoms with Gasteiger partial charge in [-0.2, -0.15) is 0 Å². The van der Waals surface area contributed by atoms with E-state index in [-0.39, 0.29) is 26.3 Å². The largest absolute Gasteiger partial charge is 0.467 e. The summed E-state index contributed by atoms with van der Waals surface area (Å²) >= 11 is 0. The SMILES string of the molecule is COC(=O)[C@@H](COC(C)(C)C)N(CCN)C(=O)OCc1ccccc1. The normalized spacial score (nSPS) is 12.4. The summed E-state index contributed by atoms with van der Waals surface area (Å²) in [6.07, 6.45) is -0.637. The summed E-state index contributed by atoms with van der Waals surface area (Å²) in [6.45, 7) is 6.03. The van der Waals surface area contributed by atoms with E-state index in [9.17, 15) is 9.59 Å². The number of methoxy groups -OCH3 is 1. The number of ether oxygens (including phenoxy) is 3. The molecule has 25 heavy (non-hydrogen) atoms. The lowest BCUT2D eigenvalue weighted by Gasteiger charge is -2.31. The maximum Gasteiger partial charge on any atom is 0.410 e. The molecule has 7 nitrogen and oxygen atoms in total. The van der Waals surface area contributed by atoms with Crippen LogP contribution in [-0.4, -0.2) is 55.4 Å². The van der Waals surface area contributed by atoms with Gasteiger partial charge in [-0.1, -0.05) is 30.3 Å². The predicted molar refractivity (Wildman–Crippen MR) is 93.9 cm³/mol. The Morgan fingerprint density at radius 2 is 1.84 bits per heavy atom. The monoisotopic (exact) mass is 352 g/mol. The van der Waals surface area contributed by atoms with E-state index in [1.54, 1.807) is 0 Å². The van der Waals surface area contributed by atoms with E-state index in [0.29, 0.717) is 0 Å². The summed E-state index contributed by atoms with van der Waals surface area (Å²) in [6, 6.07) is 8.37. The van der Waals surface area contributed by atoms with E-state index >= 15 is 0 Å². The third-order valence-electron chi connectivity index (χ3n) is 3.33. The molecular weight excluding hydrogens is 324 g/mol. The first kappa shape index (κ1) is 20.9. The van der Waals surface area contributed by atoms with Gasteiger partial charge in [0.05, 0.1) is 19.3 Å². The fourth-order valence-corrected chi connectivity index (χ4v) is 2.07. The zero-order valence-electron chi connectivity index (χ0n) is 15.4. The molecule has 0 bridgehead atoms. The number of nitrogens with two attached hydrogens (primary N) is 1. The summed E-state index contributed by atoms with van der Waals surface area (Å²) < 4.78 is 15.8. The van der Waals surface area contributed by atoms with Gasteiger partial charge < -0.3 is 19.9 Å². The molecule has 1 aromatic carbocycles. The molecular formula is C18H28N2O5. The molecule has 2 N–H and O–H groups in total. The second kappa shape index (κ2) is 10.0. The fourth-order valence-electron chi connectivity index (χ4n) is 2.07. The maximum absolute atomic E-state index is 12.5. The summed E-state index contributed by atoms with van der Waals surface area (Å²) in [5.41, 5.74) is 5.98. The number of esters is 1. The quantitative estimate of drug-likeness (QED) is 0.719.